The van der Waals surface area contributed by atoms with E-state index in [1.54, 1.807) is 6.26 Å². The van der Waals surface area contributed by atoms with E-state index in [1.807, 2.05) is 13.0 Å². The van der Waals surface area contributed by atoms with Gasteiger partial charge in [-0.05, 0) is 81.6 Å². The number of rotatable bonds is 4. The summed E-state index contributed by atoms with van der Waals surface area (Å²) in [6.45, 7) is 4.80. The molecule has 0 amide bonds. The second-order valence-corrected chi connectivity index (χ2v) is 7.27. The summed E-state index contributed by atoms with van der Waals surface area (Å²) in [6.07, 6.45) is 11.9. The van der Waals surface area contributed by atoms with E-state index in [4.69, 9.17) is 4.74 Å². The van der Waals surface area contributed by atoms with Crippen molar-refractivity contribution in [2.24, 2.45) is 28.6 Å². The summed E-state index contributed by atoms with van der Waals surface area (Å²) >= 11 is 0. The second kappa shape index (κ2) is 4.54. The largest absolute Gasteiger partial charge is 0.502 e. The number of hydrogen-bond donors (Lipinski definition) is 0. The fourth-order valence-electron chi connectivity index (χ4n) is 5.36. The normalized spacial score (nSPS) is 43.1. The van der Waals surface area contributed by atoms with Gasteiger partial charge in [-0.2, -0.15) is 5.26 Å². The molecule has 0 aromatic rings. The lowest BCUT2D eigenvalue weighted by atomic mass is 9.43. The molecule has 0 aromatic carbocycles. The van der Waals surface area contributed by atoms with Gasteiger partial charge in [0.2, 0.25) is 0 Å². The van der Waals surface area contributed by atoms with Gasteiger partial charge >= 0.3 is 0 Å². The van der Waals surface area contributed by atoms with Crippen LogP contribution in [0.1, 0.15) is 52.4 Å². The molecule has 0 aromatic heterocycles. The maximum Gasteiger partial charge on any atom is 0.0845 e. The van der Waals surface area contributed by atoms with Gasteiger partial charge in [0.05, 0.1) is 24.4 Å². The van der Waals surface area contributed by atoms with Crippen molar-refractivity contribution in [1.82, 2.24) is 0 Å². The Balaban J connectivity index is 1.88. The van der Waals surface area contributed by atoms with Crippen LogP contribution in [0.15, 0.2) is 12.3 Å². The molecule has 4 aliphatic carbocycles. The van der Waals surface area contributed by atoms with Crippen LogP contribution < -0.4 is 0 Å². The number of nitriles is 1. The van der Waals surface area contributed by atoms with Crippen molar-refractivity contribution in [3.05, 3.63) is 12.3 Å². The molecule has 4 rings (SSSR count). The Hall–Kier alpha value is -0.970. The molecule has 4 fully saturated rings. The first-order valence-electron chi connectivity index (χ1n) is 7.81. The average molecular weight is 259 g/mol. The van der Waals surface area contributed by atoms with E-state index in [0.717, 1.165) is 17.8 Å². The van der Waals surface area contributed by atoms with Crippen LogP contribution in [0.25, 0.3) is 0 Å². The van der Waals surface area contributed by atoms with Crippen LogP contribution in [-0.4, -0.2) is 6.61 Å². The fourth-order valence-corrected chi connectivity index (χ4v) is 5.36. The van der Waals surface area contributed by atoms with Crippen molar-refractivity contribution < 1.29 is 4.74 Å². The van der Waals surface area contributed by atoms with E-state index in [0.29, 0.717) is 6.61 Å². The van der Waals surface area contributed by atoms with Crippen molar-refractivity contribution in [2.75, 3.05) is 6.61 Å². The lowest BCUT2D eigenvalue weighted by molar-refractivity contribution is -0.0921. The first kappa shape index (κ1) is 13.0. The topological polar surface area (TPSA) is 33.0 Å². The highest BCUT2D eigenvalue weighted by Crippen LogP contribution is 2.66. The van der Waals surface area contributed by atoms with Crippen molar-refractivity contribution in [1.29, 1.82) is 5.26 Å². The van der Waals surface area contributed by atoms with Crippen LogP contribution >= 0.6 is 0 Å². The van der Waals surface area contributed by atoms with Crippen LogP contribution in [0.5, 0.6) is 0 Å². The van der Waals surface area contributed by atoms with E-state index >= 15 is 0 Å². The molecule has 0 aliphatic heterocycles. The van der Waals surface area contributed by atoms with Crippen LogP contribution in [-0.2, 0) is 4.74 Å². The third kappa shape index (κ3) is 1.98. The van der Waals surface area contributed by atoms with E-state index < -0.39 is 0 Å². The predicted octanol–water partition coefficient (Wildman–Crippen LogP) is 4.28. The number of hydrogen-bond acceptors (Lipinski definition) is 2. The van der Waals surface area contributed by atoms with Crippen LogP contribution in [0.3, 0.4) is 0 Å². The molecule has 4 aliphatic rings. The minimum absolute atomic E-state index is 0.226. The van der Waals surface area contributed by atoms with E-state index in [2.05, 4.69) is 13.0 Å². The van der Waals surface area contributed by atoms with Crippen molar-refractivity contribution in [3.8, 4) is 6.07 Å². The highest BCUT2D eigenvalue weighted by molar-refractivity contribution is 5.21. The summed E-state index contributed by atoms with van der Waals surface area (Å²) in [7, 11) is 0. The molecule has 1 atom stereocenters. The zero-order valence-corrected chi connectivity index (χ0v) is 12.2. The van der Waals surface area contributed by atoms with Crippen LogP contribution in [0.4, 0.5) is 0 Å². The van der Waals surface area contributed by atoms with Gasteiger partial charge in [0.25, 0.3) is 0 Å². The summed E-state index contributed by atoms with van der Waals surface area (Å²) in [5.74, 6) is 2.67. The molecule has 0 heterocycles. The summed E-state index contributed by atoms with van der Waals surface area (Å²) < 4.78 is 5.36. The number of nitrogens with zero attached hydrogens (tertiary/aromatic N) is 1. The van der Waals surface area contributed by atoms with Gasteiger partial charge in [0, 0.05) is 0 Å². The van der Waals surface area contributed by atoms with Gasteiger partial charge < -0.3 is 4.74 Å². The van der Waals surface area contributed by atoms with Gasteiger partial charge in [-0.25, -0.2) is 0 Å². The Morgan fingerprint density at radius 2 is 1.74 bits per heavy atom. The first-order chi connectivity index (χ1) is 9.11. The monoisotopic (exact) mass is 259 g/mol. The van der Waals surface area contributed by atoms with E-state index in [1.165, 1.54) is 38.5 Å². The van der Waals surface area contributed by atoms with Gasteiger partial charge in [-0.1, -0.05) is 0 Å². The average Bonchev–Trinajstić information content (AvgIpc) is 2.37. The van der Waals surface area contributed by atoms with Crippen molar-refractivity contribution in [3.63, 3.8) is 0 Å². The van der Waals surface area contributed by atoms with Gasteiger partial charge in [0.1, 0.15) is 0 Å². The molecular weight excluding hydrogens is 234 g/mol. The summed E-state index contributed by atoms with van der Waals surface area (Å²) in [5.41, 5.74) is -0.123. The Kier molecular flexibility index (Phi) is 3.12. The molecule has 0 radical (unpaired) electrons. The zero-order valence-electron chi connectivity index (χ0n) is 12.2. The fraction of sp³-hybridized carbons (Fsp3) is 0.824. The van der Waals surface area contributed by atoms with Crippen LogP contribution in [0.2, 0.25) is 0 Å². The third-order valence-corrected chi connectivity index (χ3v) is 6.04. The molecule has 0 saturated heterocycles. The highest BCUT2D eigenvalue weighted by atomic mass is 16.5. The third-order valence-electron chi connectivity index (χ3n) is 6.04. The van der Waals surface area contributed by atoms with Gasteiger partial charge in [-0.3, -0.25) is 0 Å². The van der Waals surface area contributed by atoms with Crippen molar-refractivity contribution in [2.45, 2.75) is 52.4 Å². The second-order valence-electron chi connectivity index (χ2n) is 7.27. The Morgan fingerprint density at radius 3 is 2.16 bits per heavy atom. The smallest absolute Gasteiger partial charge is 0.0845 e. The van der Waals surface area contributed by atoms with E-state index in [9.17, 15) is 5.26 Å². The van der Waals surface area contributed by atoms with Gasteiger partial charge in [0.15, 0.2) is 0 Å². The molecule has 4 bridgehead atoms. The lowest BCUT2D eigenvalue weighted by Crippen LogP contribution is -2.52. The molecule has 0 spiro atoms. The highest BCUT2D eigenvalue weighted by Gasteiger charge is 2.58. The van der Waals surface area contributed by atoms with Crippen LogP contribution in [0, 0.1) is 39.9 Å². The zero-order chi connectivity index (χ0) is 13.5. The number of ether oxygens (including phenoxy) is 1. The molecule has 4 saturated carbocycles. The maximum absolute atomic E-state index is 9.79. The molecule has 0 N–H and O–H groups in total. The Morgan fingerprint density at radius 1 is 1.21 bits per heavy atom. The minimum atomic E-state index is -0.349. The molecular formula is C17H25NO. The molecule has 2 heteroatoms. The minimum Gasteiger partial charge on any atom is -0.502 e. The molecule has 2 nitrogen and oxygen atoms in total. The SMILES string of the molecule is CCO/C=C/C(C)(C#N)C12CC3CC(CC(C3)C1)C2. The molecule has 19 heavy (non-hydrogen) atoms. The molecule has 1 unspecified atom stereocenters. The first-order valence-corrected chi connectivity index (χ1v) is 7.81. The standard InChI is InChI=1S/C17H25NO/c1-3-19-5-4-16(2,12-18)17-9-13-6-14(10-17)8-15(7-13)11-17/h4-5,13-15H,3,6-11H2,1-2H3/b5-4+. The predicted molar refractivity (Wildman–Crippen MR) is 75.1 cm³/mol. The Labute approximate surface area is 116 Å². The lowest BCUT2D eigenvalue weighted by Gasteiger charge is -2.60. The summed E-state index contributed by atoms with van der Waals surface area (Å²) in [6, 6.07) is 2.63. The number of allylic oxidation sites excluding steroid dienone is 1. The van der Waals surface area contributed by atoms with E-state index in [-0.39, 0.29) is 10.8 Å². The molecule has 104 valence electrons. The Bertz CT molecular complexity index is 384. The van der Waals surface area contributed by atoms with Gasteiger partial charge in [-0.15, -0.1) is 0 Å². The maximum atomic E-state index is 9.79. The quantitative estimate of drug-likeness (QED) is 0.706. The summed E-state index contributed by atoms with van der Waals surface area (Å²) in [4.78, 5) is 0. The summed E-state index contributed by atoms with van der Waals surface area (Å²) in [5, 5.41) is 9.79. The van der Waals surface area contributed by atoms with Crippen molar-refractivity contribution >= 4 is 0 Å².